The molecule has 1 unspecified atom stereocenters. The number of aromatic nitrogens is 1. The fraction of sp³-hybridized carbons (Fsp3) is 0.240. The number of halogens is 1. The minimum Gasteiger partial charge on any atom is -0.497 e. The standard InChI is InChI=1S/C25H21FN2O7/c1-32-6-3-7-34-22-11-23-17(8-14(22)12-27)20-10-21(29)18(25(30)31)13-28(20)24(35-23)16-5-4-15(33-2)9-19(16)26/h4-5,8-11,13,24H,3,6-7H2,1-2H3,(H,30,31). The Bertz CT molecular complexity index is 1390. The molecule has 9 nitrogen and oxygen atoms in total. The molecule has 2 aromatic carbocycles. The van der Waals surface area contributed by atoms with Gasteiger partial charge in [-0.2, -0.15) is 5.26 Å². The Morgan fingerprint density at radius 1 is 1.23 bits per heavy atom. The molecule has 3 aromatic rings. The van der Waals surface area contributed by atoms with Crippen LogP contribution in [0.3, 0.4) is 0 Å². The van der Waals surface area contributed by atoms with Gasteiger partial charge >= 0.3 is 5.97 Å². The maximum Gasteiger partial charge on any atom is 0.341 e. The van der Waals surface area contributed by atoms with Crippen molar-refractivity contribution in [3.8, 4) is 34.6 Å². The van der Waals surface area contributed by atoms with Gasteiger partial charge in [0.1, 0.15) is 34.7 Å². The lowest BCUT2D eigenvalue weighted by Gasteiger charge is -2.32. The summed E-state index contributed by atoms with van der Waals surface area (Å²) in [5, 5.41) is 19.1. The number of hydrogen-bond donors (Lipinski definition) is 1. The highest BCUT2D eigenvalue weighted by Crippen LogP contribution is 2.44. The second kappa shape index (κ2) is 9.87. The first kappa shape index (κ1) is 23.8. The predicted octanol–water partition coefficient (Wildman–Crippen LogP) is 3.59. The summed E-state index contributed by atoms with van der Waals surface area (Å²) < 4.78 is 38.3. The Labute approximate surface area is 199 Å². The molecular formula is C25H21FN2O7. The zero-order valence-electron chi connectivity index (χ0n) is 18.9. The summed E-state index contributed by atoms with van der Waals surface area (Å²) in [5.74, 6) is -1.28. The van der Waals surface area contributed by atoms with Crippen LogP contribution in [0.25, 0.3) is 11.3 Å². The molecule has 0 aliphatic carbocycles. The van der Waals surface area contributed by atoms with E-state index in [1.807, 2.05) is 0 Å². The Morgan fingerprint density at radius 2 is 2.03 bits per heavy atom. The number of methoxy groups -OCH3 is 2. The van der Waals surface area contributed by atoms with Crippen molar-refractivity contribution in [2.45, 2.75) is 12.6 Å². The number of rotatable bonds is 8. The molecule has 1 N–H and O–H groups in total. The number of carbonyl (C=O) groups is 1. The van der Waals surface area contributed by atoms with Gasteiger partial charge in [-0.1, -0.05) is 0 Å². The van der Waals surface area contributed by atoms with Crippen LogP contribution in [0.1, 0.15) is 34.1 Å². The SMILES string of the molecule is COCCCOc1cc2c(cc1C#N)-c1cc(=O)c(C(=O)O)cn1C(c1ccc(OC)cc1F)O2. The Morgan fingerprint density at radius 3 is 2.69 bits per heavy atom. The van der Waals surface area contributed by atoms with Gasteiger partial charge in [0.15, 0.2) is 5.43 Å². The molecule has 0 saturated heterocycles. The number of fused-ring (bicyclic) bond motifs is 3. The minimum atomic E-state index is -1.43. The molecule has 0 radical (unpaired) electrons. The fourth-order valence-electron chi connectivity index (χ4n) is 3.80. The topological polar surface area (TPSA) is 120 Å². The highest BCUT2D eigenvalue weighted by atomic mass is 19.1. The van der Waals surface area contributed by atoms with Gasteiger partial charge in [0.25, 0.3) is 0 Å². The lowest BCUT2D eigenvalue weighted by molar-refractivity contribution is 0.0693. The summed E-state index contributed by atoms with van der Waals surface area (Å²) in [5.41, 5.74) is -0.319. The molecule has 4 rings (SSSR count). The third-order valence-corrected chi connectivity index (χ3v) is 5.50. The van der Waals surface area contributed by atoms with Gasteiger partial charge in [0, 0.05) is 55.7 Å². The van der Waals surface area contributed by atoms with Gasteiger partial charge in [-0.3, -0.25) is 4.79 Å². The molecule has 1 aliphatic rings. The molecule has 35 heavy (non-hydrogen) atoms. The van der Waals surface area contributed by atoms with Crippen LogP contribution in [0.5, 0.6) is 17.2 Å². The smallest absolute Gasteiger partial charge is 0.341 e. The monoisotopic (exact) mass is 480 g/mol. The van der Waals surface area contributed by atoms with Crippen LogP contribution in [-0.4, -0.2) is 43.1 Å². The summed E-state index contributed by atoms with van der Waals surface area (Å²) in [6, 6.07) is 10.4. The van der Waals surface area contributed by atoms with E-state index in [1.165, 1.54) is 35.9 Å². The first-order valence-corrected chi connectivity index (χ1v) is 10.6. The zero-order valence-corrected chi connectivity index (χ0v) is 18.9. The first-order valence-electron chi connectivity index (χ1n) is 10.6. The van der Waals surface area contributed by atoms with Gasteiger partial charge in [-0.05, 0) is 18.2 Å². The lowest BCUT2D eigenvalue weighted by atomic mass is 10.0. The van der Waals surface area contributed by atoms with Crippen molar-refractivity contribution in [1.29, 1.82) is 5.26 Å². The number of benzene rings is 2. The van der Waals surface area contributed by atoms with E-state index < -0.39 is 29.0 Å². The van der Waals surface area contributed by atoms with Crippen molar-refractivity contribution in [2.75, 3.05) is 27.4 Å². The van der Waals surface area contributed by atoms with E-state index in [9.17, 15) is 20.0 Å². The zero-order chi connectivity index (χ0) is 25.1. The van der Waals surface area contributed by atoms with Gasteiger partial charge in [0.2, 0.25) is 6.23 Å². The highest BCUT2D eigenvalue weighted by Gasteiger charge is 2.31. The number of pyridine rings is 1. The maximum atomic E-state index is 15.0. The fourth-order valence-corrected chi connectivity index (χ4v) is 3.80. The number of hydrogen-bond acceptors (Lipinski definition) is 7. The molecule has 10 heteroatoms. The van der Waals surface area contributed by atoms with Crippen LogP contribution in [-0.2, 0) is 4.74 Å². The Hall–Kier alpha value is -4.36. The largest absolute Gasteiger partial charge is 0.497 e. The van der Waals surface area contributed by atoms with Crippen LogP contribution >= 0.6 is 0 Å². The molecule has 0 bridgehead atoms. The third kappa shape index (κ3) is 4.54. The minimum absolute atomic E-state index is 0.0876. The number of aromatic carboxylic acids is 1. The molecule has 0 saturated carbocycles. The number of nitriles is 1. The number of carboxylic acid groups (broad SMARTS) is 1. The molecular weight excluding hydrogens is 459 g/mol. The summed E-state index contributed by atoms with van der Waals surface area (Å²) in [6.45, 7) is 0.764. The number of ether oxygens (including phenoxy) is 4. The second-order valence-electron chi connectivity index (χ2n) is 7.66. The van der Waals surface area contributed by atoms with Crippen LogP contribution in [0.2, 0.25) is 0 Å². The predicted molar refractivity (Wildman–Crippen MR) is 122 cm³/mol. The van der Waals surface area contributed by atoms with E-state index in [-0.39, 0.29) is 34.9 Å². The van der Waals surface area contributed by atoms with Gasteiger partial charge < -0.3 is 28.6 Å². The lowest BCUT2D eigenvalue weighted by Crippen LogP contribution is -2.28. The highest BCUT2D eigenvalue weighted by molar-refractivity contribution is 5.88. The van der Waals surface area contributed by atoms with Gasteiger partial charge in [-0.25, -0.2) is 9.18 Å². The molecule has 0 amide bonds. The molecule has 1 aliphatic heterocycles. The van der Waals surface area contributed by atoms with Crippen molar-refractivity contribution < 1.29 is 33.2 Å². The summed E-state index contributed by atoms with van der Waals surface area (Å²) in [7, 11) is 2.97. The van der Waals surface area contributed by atoms with Crippen LogP contribution in [0, 0.1) is 17.1 Å². The van der Waals surface area contributed by atoms with Gasteiger partial charge in [0.05, 0.1) is 25.0 Å². The van der Waals surface area contributed by atoms with Crippen LogP contribution in [0.4, 0.5) is 4.39 Å². The summed E-state index contributed by atoms with van der Waals surface area (Å²) in [4.78, 5) is 24.2. The van der Waals surface area contributed by atoms with E-state index in [1.54, 1.807) is 13.2 Å². The van der Waals surface area contributed by atoms with E-state index in [0.717, 1.165) is 12.3 Å². The van der Waals surface area contributed by atoms with Gasteiger partial charge in [-0.15, -0.1) is 0 Å². The average Bonchev–Trinajstić information content (AvgIpc) is 2.85. The van der Waals surface area contributed by atoms with Crippen LogP contribution in [0.15, 0.2) is 47.4 Å². The third-order valence-electron chi connectivity index (χ3n) is 5.50. The maximum absolute atomic E-state index is 15.0. The Kier molecular flexibility index (Phi) is 6.71. The van der Waals surface area contributed by atoms with Crippen molar-refractivity contribution in [2.24, 2.45) is 0 Å². The molecule has 1 atom stereocenters. The van der Waals surface area contributed by atoms with Crippen molar-refractivity contribution in [3.05, 3.63) is 75.3 Å². The number of carboxylic acids is 1. The van der Waals surface area contributed by atoms with E-state index in [2.05, 4.69) is 6.07 Å². The van der Waals surface area contributed by atoms with Crippen LogP contribution < -0.4 is 19.6 Å². The van der Waals surface area contributed by atoms with Crippen molar-refractivity contribution in [1.82, 2.24) is 4.57 Å². The molecule has 180 valence electrons. The second-order valence-corrected chi connectivity index (χ2v) is 7.66. The number of nitrogens with zero attached hydrogens (tertiary/aromatic N) is 2. The summed E-state index contributed by atoms with van der Waals surface area (Å²) >= 11 is 0. The quantitative estimate of drug-likeness (QED) is 0.486. The first-order chi connectivity index (χ1) is 16.9. The van der Waals surface area contributed by atoms with Crippen molar-refractivity contribution >= 4 is 5.97 Å². The van der Waals surface area contributed by atoms with Crippen molar-refractivity contribution in [3.63, 3.8) is 0 Å². The molecule has 0 spiro atoms. The van der Waals surface area contributed by atoms with E-state index >= 15 is 4.39 Å². The molecule has 2 heterocycles. The summed E-state index contributed by atoms with van der Waals surface area (Å²) in [6.07, 6.45) is 0.560. The normalized spacial score (nSPS) is 13.7. The van der Waals surface area contributed by atoms with E-state index in [4.69, 9.17) is 18.9 Å². The average molecular weight is 480 g/mol. The molecule has 0 fully saturated rings. The molecule has 1 aromatic heterocycles. The Balaban J connectivity index is 1.89. The van der Waals surface area contributed by atoms with E-state index in [0.29, 0.717) is 24.3 Å².